The third-order valence-electron chi connectivity index (χ3n) is 4.53. The predicted molar refractivity (Wildman–Crippen MR) is 114 cm³/mol. The van der Waals surface area contributed by atoms with Crippen molar-refractivity contribution in [2.75, 3.05) is 18.6 Å². The first-order chi connectivity index (χ1) is 15.4. The molecule has 0 bridgehead atoms. The van der Waals surface area contributed by atoms with Crippen molar-refractivity contribution in [3.63, 3.8) is 0 Å². The topological polar surface area (TPSA) is 81.1 Å². The summed E-state index contributed by atoms with van der Waals surface area (Å²) in [6.45, 7) is -0.640. The Morgan fingerprint density at radius 1 is 1.06 bits per heavy atom. The molecule has 0 spiro atoms. The number of methoxy groups -OCH3 is 1. The number of ether oxygens (including phenoxy) is 3. The zero-order valence-electron chi connectivity index (χ0n) is 17.5. The Morgan fingerprint density at radius 2 is 1.78 bits per heavy atom. The van der Waals surface area contributed by atoms with Gasteiger partial charge in [0.15, 0.2) is 11.5 Å². The summed E-state index contributed by atoms with van der Waals surface area (Å²) >= 11 is 0. The molecule has 0 saturated carbocycles. The van der Waals surface area contributed by atoms with Crippen LogP contribution in [0.2, 0.25) is 0 Å². The van der Waals surface area contributed by atoms with Gasteiger partial charge in [0.05, 0.1) is 25.5 Å². The summed E-state index contributed by atoms with van der Waals surface area (Å²) in [6.07, 6.45) is 3.26. The molecule has 168 valence electrons. The van der Waals surface area contributed by atoms with Crippen LogP contribution in [0, 0.1) is 0 Å². The molecule has 0 saturated heterocycles. The van der Waals surface area contributed by atoms with Gasteiger partial charge >= 0.3 is 12.6 Å². The smallest absolute Gasteiger partial charge is 0.387 e. The van der Waals surface area contributed by atoms with Gasteiger partial charge in [0.25, 0.3) is 0 Å². The van der Waals surface area contributed by atoms with E-state index in [1.165, 1.54) is 18.2 Å². The van der Waals surface area contributed by atoms with E-state index in [-0.39, 0.29) is 23.7 Å². The third kappa shape index (κ3) is 5.63. The van der Waals surface area contributed by atoms with Gasteiger partial charge in [-0.25, -0.2) is 4.79 Å². The molecule has 3 rings (SSSR count). The van der Waals surface area contributed by atoms with E-state index in [2.05, 4.69) is 9.72 Å². The quantitative estimate of drug-likeness (QED) is 0.464. The van der Waals surface area contributed by atoms with Gasteiger partial charge in [-0.2, -0.15) is 8.78 Å². The van der Waals surface area contributed by atoms with Crippen LogP contribution in [-0.2, 0) is 6.54 Å². The van der Waals surface area contributed by atoms with E-state index in [0.29, 0.717) is 23.7 Å². The second-order valence-electron chi connectivity index (χ2n) is 6.61. The van der Waals surface area contributed by atoms with Gasteiger partial charge in [0, 0.05) is 30.2 Å². The van der Waals surface area contributed by atoms with Crippen molar-refractivity contribution in [2.45, 2.75) is 20.1 Å². The maximum Gasteiger partial charge on any atom is 0.387 e. The molecule has 9 heteroatoms. The van der Waals surface area contributed by atoms with Crippen molar-refractivity contribution < 1.29 is 32.9 Å². The predicted octanol–water partition coefficient (Wildman–Crippen LogP) is 5.13. The van der Waals surface area contributed by atoms with Crippen LogP contribution in [0.1, 0.15) is 22.8 Å². The number of carboxylic acid groups (broad SMARTS) is 1. The summed E-state index contributed by atoms with van der Waals surface area (Å²) in [5.74, 6) is -0.359. The van der Waals surface area contributed by atoms with E-state index in [1.807, 2.05) is 11.0 Å². The molecule has 2 aromatic carbocycles. The van der Waals surface area contributed by atoms with Gasteiger partial charge in [-0.1, -0.05) is 0 Å². The molecule has 1 aromatic heterocycles. The van der Waals surface area contributed by atoms with E-state index < -0.39 is 12.6 Å². The number of hydrogen-bond acceptors (Lipinski definition) is 6. The average molecular weight is 444 g/mol. The van der Waals surface area contributed by atoms with Crippen LogP contribution in [-0.4, -0.2) is 36.4 Å². The number of benzene rings is 2. The minimum Gasteiger partial charge on any atom is -0.495 e. The van der Waals surface area contributed by atoms with Crippen molar-refractivity contribution in [2.24, 2.45) is 0 Å². The fourth-order valence-corrected chi connectivity index (χ4v) is 3.09. The highest BCUT2D eigenvalue weighted by molar-refractivity contribution is 5.88. The Morgan fingerprint density at radius 3 is 2.41 bits per heavy atom. The number of aromatic nitrogens is 1. The van der Waals surface area contributed by atoms with E-state index in [4.69, 9.17) is 9.47 Å². The molecule has 0 amide bonds. The minimum atomic E-state index is -2.98. The number of pyridine rings is 1. The summed E-state index contributed by atoms with van der Waals surface area (Å²) < 4.78 is 40.9. The Labute approximate surface area is 183 Å². The molecule has 0 aliphatic carbocycles. The first-order valence-electron chi connectivity index (χ1n) is 9.71. The molecule has 32 heavy (non-hydrogen) atoms. The highest BCUT2D eigenvalue weighted by Crippen LogP contribution is 2.37. The van der Waals surface area contributed by atoms with Gasteiger partial charge in [0.2, 0.25) is 0 Å². The van der Waals surface area contributed by atoms with Gasteiger partial charge in [0.1, 0.15) is 5.75 Å². The monoisotopic (exact) mass is 444 g/mol. The van der Waals surface area contributed by atoms with E-state index in [1.54, 1.807) is 50.7 Å². The number of anilines is 2. The highest BCUT2D eigenvalue weighted by Gasteiger charge is 2.17. The number of carboxylic acids is 1. The van der Waals surface area contributed by atoms with E-state index in [9.17, 15) is 18.7 Å². The number of aromatic carboxylic acids is 1. The molecule has 7 nitrogen and oxygen atoms in total. The van der Waals surface area contributed by atoms with Crippen molar-refractivity contribution in [3.8, 4) is 17.2 Å². The van der Waals surface area contributed by atoms with Crippen LogP contribution in [0.3, 0.4) is 0 Å². The number of rotatable bonds is 10. The summed E-state index contributed by atoms with van der Waals surface area (Å²) in [4.78, 5) is 17.3. The van der Waals surface area contributed by atoms with Crippen molar-refractivity contribution in [3.05, 3.63) is 72.1 Å². The number of nitrogens with zero attached hydrogens (tertiary/aromatic N) is 2. The zero-order valence-corrected chi connectivity index (χ0v) is 17.5. The van der Waals surface area contributed by atoms with Crippen LogP contribution in [0.25, 0.3) is 0 Å². The largest absolute Gasteiger partial charge is 0.495 e. The van der Waals surface area contributed by atoms with Gasteiger partial charge < -0.3 is 24.2 Å². The summed E-state index contributed by atoms with van der Waals surface area (Å²) in [5.41, 5.74) is 2.27. The highest BCUT2D eigenvalue weighted by atomic mass is 19.3. The SMILES string of the molecule is CCOc1cc(N(Cc2cncc(OC)c2)c2ccc(C(=O)O)cc2)ccc1OC(F)F. The third-order valence-corrected chi connectivity index (χ3v) is 4.53. The van der Waals surface area contributed by atoms with Gasteiger partial charge in [-0.3, -0.25) is 4.98 Å². The molecule has 0 aliphatic rings. The molecule has 3 aromatic rings. The number of carbonyl (C=O) groups is 1. The molecule has 0 unspecified atom stereocenters. The number of halogens is 2. The lowest BCUT2D eigenvalue weighted by Crippen LogP contribution is -2.17. The normalized spacial score (nSPS) is 10.7. The number of alkyl halides is 2. The summed E-state index contributed by atoms with van der Waals surface area (Å²) in [7, 11) is 1.54. The van der Waals surface area contributed by atoms with Crippen molar-refractivity contribution in [1.29, 1.82) is 0 Å². The lowest BCUT2D eigenvalue weighted by atomic mass is 10.1. The Hall–Kier alpha value is -3.88. The van der Waals surface area contributed by atoms with Crippen LogP contribution in [0.5, 0.6) is 17.2 Å². The molecular weight excluding hydrogens is 422 g/mol. The molecule has 1 heterocycles. The van der Waals surface area contributed by atoms with E-state index in [0.717, 1.165) is 5.56 Å². The summed E-state index contributed by atoms with van der Waals surface area (Å²) in [5, 5.41) is 9.19. The van der Waals surface area contributed by atoms with Crippen LogP contribution in [0.4, 0.5) is 20.2 Å². The lowest BCUT2D eigenvalue weighted by Gasteiger charge is -2.26. The molecule has 0 aliphatic heterocycles. The molecule has 1 N–H and O–H groups in total. The van der Waals surface area contributed by atoms with Gasteiger partial charge in [-0.15, -0.1) is 0 Å². The molecule has 0 radical (unpaired) electrons. The second-order valence-corrected chi connectivity index (χ2v) is 6.61. The molecule has 0 fully saturated rings. The Bertz CT molecular complexity index is 1060. The molecule has 0 atom stereocenters. The van der Waals surface area contributed by atoms with Gasteiger partial charge in [-0.05, 0) is 55.0 Å². The average Bonchev–Trinajstić information content (AvgIpc) is 2.79. The van der Waals surface area contributed by atoms with Crippen molar-refractivity contribution >= 4 is 17.3 Å². The molecular formula is C23H22F2N2O5. The Balaban J connectivity index is 2.04. The standard InChI is InChI=1S/C23H22F2N2O5/c1-3-31-21-11-18(8-9-20(21)32-23(24)25)27(14-15-10-19(30-2)13-26-12-15)17-6-4-16(5-7-17)22(28)29/h4-13,23H,3,14H2,1-2H3,(H,28,29). The van der Waals surface area contributed by atoms with Crippen LogP contribution >= 0.6 is 0 Å². The van der Waals surface area contributed by atoms with Crippen molar-refractivity contribution in [1.82, 2.24) is 4.98 Å². The van der Waals surface area contributed by atoms with Crippen LogP contribution < -0.4 is 19.1 Å². The maximum atomic E-state index is 12.8. The first-order valence-corrected chi connectivity index (χ1v) is 9.71. The fraction of sp³-hybridized carbons (Fsp3) is 0.217. The first kappa shape index (κ1) is 22.8. The van der Waals surface area contributed by atoms with E-state index >= 15 is 0 Å². The lowest BCUT2D eigenvalue weighted by molar-refractivity contribution is -0.0514. The maximum absolute atomic E-state index is 12.8. The number of hydrogen-bond donors (Lipinski definition) is 1. The minimum absolute atomic E-state index is 0.0742. The second kappa shape index (κ2) is 10.4. The Kier molecular flexibility index (Phi) is 7.43. The van der Waals surface area contributed by atoms with Crippen LogP contribution in [0.15, 0.2) is 60.9 Å². The summed E-state index contributed by atoms with van der Waals surface area (Å²) in [6, 6.07) is 12.8. The zero-order chi connectivity index (χ0) is 23.1. The fourth-order valence-electron chi connectivity index (χ4n) is 3.09.